The van der Waals surface area contributed by atoms with Crippen molar-refractivity contribution in [3.05, 3.63) is 30.3 Å². The molecule has 1 unspecified atom stereocenters. The second-order valence-electron chi connectivity index (χ2n) is 6.66. The monoisotopic (exact) mass is 418 g/mol. The van der Waals surface area contributed by atoms with Crippen LogP contribution in [0.2, 0.25) is 0 Å². The molecule has 153 valence electrons. The van der Waals surface area contributed by atoms with Crippen molar-refractivity contribution in [2.75, 3.05) is 13.7 Å². The topological polar surface area (TPSA) is 124 Å². The molecule has 0 spiro atoms. The van der Waals surface area contributed by atoms with Gasteiger partial charge in [0.05, 0.1) is 0 Å². The van der Waals surface area contributed by atoms with Crippen LogP contribution in [0.1, 0.15) is 57.8 Å². The van der Waals surface area contributed by atoms with Gasteiger partial charge >= 0.3 is 122 Å². The normalized spacial score (nSPS) is 12.6. The van der Waals surface area contributed by atoms with Crippen molar-refractivity contribution in [3.63, 3.8) is 0 Å². The first-order valence-electron chi connectivity index (χ1n) is 8.70. The number of carbonyl (C=O) groups is 1. The summed E-state index contributed by atoms with van der Waals surface area (Å²) in [6, 6.07) is -0.309. The quantitative estimate of drug-likeness (QED) is 0.414. The summed E-state index contributed by atoms with van der Waals surface area (Å²) >= 11 is 2.38. The van der Waals surface area contributed by atoms with E-state index in [2.05, 4.69) is 39.4 Å². The summed E-state index contributed by atoms with van der Waals surface area (Å²) in [4.78, 5) is 15.8. The molecule has 0 saturated heterocycles. The van der Waals surface area contributed by atoms with Crippen molar-refractivity contribution >= 4 is 10.8 Å². The Morgan fingerprint density at radius 2 is 2.11 bits per heavy atom. The number of unbranched alkanes of at least 4 members (excludes halogenated alkanes) is 1. The van der Waals surface area contributed by atoms with E-state index in [-0.39, 0.29) is 6.04 Å². The van der Waals surface area contributed by atoms with Gasteiger partial charge in [0, 0.05) is 7.11 Å². The first kappa shape index (κ1) is 25.4. The van der Waals surface area contributed by atoms with Gasteiger partial charge in [-0.3, -0.25) is 0 Å². The van der Waals surface area contributed by atoms with Gasteiger partial charge in [-0.25, -0.2) is 4.79 Å². The van der Waals surface area contributed by atoms with E-state index in [1.807, 2.05) is 25.5 Å². The molecular weight excluding hydrogens is 387 g/mol. The van der Waals surface area contributed by atoms with Gasteiger partial charge < -0.3 is 9.84 Å². The third-order valence-electron chi connectivity index (χ3n) is 3.20. The van der Waals surface area contributed by atoms with Gasteiger partial charge in [-0.1, -0.05) is 0 Å². The molecule has 4 N–H and O–H groups in total. The Morgan fingerprint density at radius 3 is 2.67 bits per heavy atom. The average molecular weight is 418 g/mol. The van der Waals surface area contributed by atoms with Crippen LogP contribution < -0.4 is 11.1 Å². The second-order valence-corrected chi connectivity index (χ2v) is 7.07. The van der Waals surface area contributed by atoms with Crippen molar-refractivity contribution in [2.24, 2.45) is 5.73 Å². The molecule has 9 heteroatoms. The van der Waals surface area contributed by atoms with E-state index in [1.165, 1.54) is 0 Å². The number of carbonyl (C=O) groups excluding carboxylic acids is 1. The summed E-state index contributed by atoms with van der Waals surface area (Å²) in [5, 5.41) is 13.7. The van der Waals surface area contributed by atoms with Gasteiger partial charge in [0.1, 0.15) is 5.60 Å². The Bertz CT molecular complexity index is 596. The molecule has 0 radical (unpaired) electrons. The van der Waals surface area contributed by atoms with Crippen LogP contribution in [0.3, 0.4) is 0 Å². The molecule has 1 aromatic rings. The molecule has 1 amide bonds. The molecule has 27 heavy (non-hydrogen) atoms. The fourth-order valence-corrected chi connectivity index (χ4v) is 2.27. The van der Waals surface area contributed by atoms with Crippen LogP contribution in [0.25, 0.3) is 0 Å². The van der Waals surface area contributed by atoms with Gasteiger partial charge in [-0.05, 0) is 20.8 Å². The third kappa shape index (κ3) is 11.7. The predicted molar refractivity (Wildman–Crippen MR) is 101 cm³/mol. The molecular formula is C18H31N4O4V-. The Kier molecular flexibility index (Phi) is 12.7. The molecule has 1 rings (SSSR count). The summed E-state index contributed by atoms with van der Waals surface area (Å²) in [6.45, 7) is 9.77. The molecule has 1 atom stereocenters. The third-order valence-corrected chi connectivity index (χ3v) is 3.72. The van der Waals surface area contributed by atoms with Crippen LogP contribution >= 0.6 is 0 Å². The number of allylic oxidation sites excluding steroid dienone is 2. The summed E-state index contributed by atoms with van der Waals surface area (Å²) in [5.41, 5.74) is 6.61. The number of nitrogens with one attached hydrogen (secondary N) is 1. The minimum absolute atomic E-state index is 0.309. The summed E-state index contributed by atoms with van der Waals surface area (Å²) in [6.07, 6.45) is 4.25. The molecule has 0 fully saturated rings. The van der Waals surface area contributed by atoms with E-state index in [4.69, 9.17) is 20.1 Å². The van der Waals surface area contributed by atoms with Gasteiger partial charge in [0.25, 0.3) is 0 Å². The van der Waals surface area contributed by atoms with E-state index in [0.29, 0.717) is 31.1 Å². The van der Waals surface area contributed by atoms with Gasteiger partial charge in [-0.2, -0.15) is 0 Å². The Balaban J connectivity index is 0.00000326. The number of aromatic nitrogens is 2. The van der Waals surface area contributed by atoms with Gasteiger partial charge in [0.15, 0.2) is 0 Å². The zero-order valence-electron chi connectivity index (χ0n) is 16.6. The first-order valence-corrected chi connectivity index (χ1v) is 9.51. The second kappa shape index (κ2) is 13.5. The fourth-order valence-electron chi connectivity index (χ4n) is 1.96. The number of nitrogens with zero attached hydrogens (tertiary/aromatic N) is 2. The van der Waals surface area contributed by atoms with Crippen molar-refractivity contribution in [2.45, 2.75) is 58.1 Å². The van der Waals surface area contributed by atoms with Crippen molar-refractivity contribution < 1.29 is 36.1 Å². The van der Waals surface area contributed by atoms with E-state index in [1.54, 1.807) is 6.08 Å². The Morgan fingerprint density at radius 1 is 1.44 bits per heavy atom. The molecule has 0 bridgehead atoms. The Labute approximate surface area is 170 Å². The SMILES string of the molecule is CO.[CH2-]/C=C(\[CH]=[V])Cc1noc(C(N)CCCCNC(=O)OC(C)(C)C)n1. The number of aliphatic hydroxyl groups is 1. The summed E-state index contributed by atoms with van der Waals surface area (Å²) < 4.78 is 12.3. The number of rotatable bonds is 9. The van der Waals surface area contributed by atoms with E-state index < -0.39 is 11.7 Å². The number of amides is 1. The number of hydrogen-bond acceptors (Lipinski definition) is 7. The number of hydrogen-bond donors (Lipinski definition) is 3. The van der Waals surface area contributed by atoms with E-state index in [0.717, 1.165) is 25.5 Å². The molecule has 0 aliphatic rings. The first-order chi connectivity index (χ1) is 12.7. The average Bonchev–Trinajstić information content (AvgIpc) is 3.08. The number of nitrogens with two attached hydrogens (primary N) is 1. The van der Waals surface area contributed by atoms with Crippen LogP contribution in [0.5, 0.6) is 0 Å². The van der Waals surface area contributed by atoms with Crippen LogP contribution in [0.4, 0.5) is 4.79 Å². The van der Waals surface area contributed by atoms with E-state index >= 15 is 0 Å². The summed E-state index contributed by atoms with van der Waals surface area (Å²) in [5.74, 6) is 1.03. The van der Waals surface area contributed by atoms with Gasteiger partial charge in [-0.15, -0.1) is 0 Å². The zero-order valence-corrected chi connectivity index (χ0v) is 18.0. The fraction of sp³-hybridized carbons (Fsp3) is 0.611. The van der Waals surface area contributed by atoms with E-state index in [9.17, 15) is 4.79 Å². The van der Waals surface area contributed by atoms with Gasteiger partial charge in [0.2, 0.25) is 0 Å². The molecule has 8 nitrogen and oxygen atoms in total. The number of aliphatic hydroxyl groups excluding tert-OH is 1. The van der Waals surface area contributed by atoms with Crippen molar-refractivity contribution in [1.82, 2.24) is 15.5 Å². The number of alkyl carbamates (subject to hydrolysis) is 1. The maximum absolute atomic E-state index is 11.5. The molecule has 0 aliphatic carbocycles. The maximum atomic E-state index is 11.5. The Hall–Kier alpha value is -1.61. The predicted octanol–water partition coefficient (Wildman–Crippen LogP) is 2.02. The molecule has 0 saturated carbocycles. The van der Waals surface area contributed by atoms with Crippen LogP contribution in [0, 0.1) is 6.92 Å². The standard InChI is InChI=1S/C17H27N4O3.CH4O.V/c1-6-12(2)11-14-20-15(24-21-14)13(18)9-7-8-10-19-16(22)23-17(3,4)5;1-2;/h2,6,13H,1,7-11,18H2,3-5H3,(H,19,22);2H,1H3;/q-1;;/b12-6+;;. The minimum atomic E-state index is -0.487. The van der Waals surface area contributed by atoms with Crippen LogP contribution in [0.15, 0.2) is 16.2 Å². The zero-order chi connectivity index (χ0) is 20.9. The summed E-state index contributed by atoms with van der Waals surface area (Å²) in [7, 11) is 1.00. The van der Waals surface area contributed by atoms with Crippen LogP contribution in [-0.2, 0) is 28.1 Å². The molecule has 1 heterocycles. The molecule has 0 aliphatic heterocycles. The van der Waals surface area contributed by atoms with Crippen molar-refractivity contribution in [3.8, 4) is 0 Å². The number of ether oxygens (including phenoxy) is 1. The van der Waals surface area contributed by atoms with Crippen LogP contribution in [-0.4, -0.2) is 45.3 Å². The molecule has 1 aromatic heterocycles. The molecule has 0 aromatic carbocycles. The van der Waals surface area contributed by atoms with Crippen molar-refractivity contribution in [1.29, 1.82) is 0 Å².